The molecule has 86 valence electrons. The van der Waals surface area contributed by atoms with E-state index in [1.165, 1.54) is 0 Å². The van der Waals surface area contributed by atoms with E-state index in [9.17, 15) is 4.57 Å². The minimum absolute atomic E-state index is 0.0303. The summed E-state index contributed by atoms with van der Waals surface area (Å²) in [6.45, 7) is 8.53. The summed E-state index contributed by atoms with van der Waals surface area (Å²) in [5.74, 6) is 1.53. The molecule has 0 radical (unpaired) electrons. The van der Waals surface area contributed by atoms with Crippen molar-refractivity contribution in [2.24, 2.45) is 17.8 Å². The molecule has 2 N–H and O–H groups in total. The predicted octanol–water partition coefficient (Wildman–Crippen LogP) is 2.87. The summed E-state index contributed by atoms with van der Waals surface area (Å²) in [5, 5.41) is 0. The van der Waals surface area contributed by atoms with Gasteiger partial charge in [-0.3, -0.25) is 4.57 Å². The van der Waals surface area contributed by atoms with Crippen molar-refractivity contribution in [2.45, 2.75) is 40.5 Å². The minimum Gasteiger partial charge on any atom is -0.324 e. The third kappa shape index (κ3) is 7.54. The van der Waals surface area contributed by atoms with Crippen LogP contribution in [0.1, 0.15) is 40.5 Å². The van der Waals surface area contributed by atoms with Gasteiger partial charge in [-0.25, -0.2) is 0 Å². The van der Waals surface area contributed by atoms with Crippen molar-refractivity contribution in [3.8, 4) is 0 Å². The van der Waals surface area contributed by atoms with Crippen LogP contribution in [0.2, 0.25) is 0 Å². The Balaban J connectivity index is 4.04. The topological polar surface area (TPSA) is 57.5 Å². The second-order valence-electron chi connectivity index (χ2n) is 4.81. The van der Waals surface area contributed by atoms with Crippen LogP contribution in [0.5, 0.6) is 0 Å². The Bertz CT molecular complexity index is 196. The zero-order chi connectivity index (χ0) is 11.4. The Hall–Kier alpha value is 0.150. The highest BCUT2D eigenvalue weighted by atomic mass is 31.2. The highest BCUT2D eigenvalue weighted by Crippen LogP contribution is 2.38. The van der Waals surface area contributed by atoms with Crippen LogP contribution >= 0.6 is 7.60 Å². The molecule has 0 aromatic heterocycles. The molecule has 0 saturated heterocycles. The van der Waals surface area contributed by atoms with Gasteiger partial charge in [0.25, 0.3) is 0 Å². The molecule has 1 atom stereocenters. The largest absolute Gasteiger partial charge is 0.325 e. The summed E-state index contributed by atoms with van der Waals surface area (Å²) in [7, 11) is -3.80. The Labute approximate surface area is 87.1 Å². The highest BCUT2D eigenvalue weighted by Gasteiger charge is 2.20. The van der Waals surface area contributed by atoms with Crippen molar-refractivity contribution in [2.75, 3.05) is 6.16 Å². The van der Waals surface area contributed by atoms with Gasteiger partial charge >= 0.3 is 7.60 Å². The Morgan fingerprint density at radius 1 is 1.14 bits per heavy atom. The molecule has 0 heterocycles. The van der Waals surface area contributed by atoms with Crippen LogP contribution in [-0.4, -0.2) is 15.9 Å². The molecule has 0 aliphatic carbocycles. The summed E-state index contributed by atoms with van der Waals surface area (Å²) < 4.78 is 10.7. The van der Waals surface area contributed by atoms with Crippen LogP contribution < -0.4 is 0 Å². The van der Waals surface area contributed by atoms with Crippen LogP contribution in [0, 0.1) is 17.8 Å². The van der Waals surface area contributed by atoms with E-state index in [0.29, 0.717) is 24.2 Å². The lowest BCUT2D eigenvalue weighted by Gasteiger charge is -2.22. The summed E-state index contributed by atoms with van der Waals surface area (Å²) in [6, 6.07) is 0. The van der Waals surface area contributed by atoms with Gasteiger partial charge in [-0.05, 0) is 30.6 Å². The van der Waals surface area contributed by atoms with Crippen molar-refractivity contribution in [3.05, 3.63) is 0 Å². The second kappa shape index (κ2) is 5.89. The molecule has 0 saturated carbocycles. The van der Waals surface area contributed by atoms with Gasteiger partial charge in [0.1, 0.15) is 0 Å². The fraction of sp³-hybridized carbons (Fsp3) is 1.00. The molecule has 0 amide bonds. The molecular formula is C10H23O3P. The first-order valence-electron chi connectivity index (χ1n) is 5.27. The standard InChI is InChI=1S/C10H23O3P/c1-8(2)7-10(9(3)4)5-6-14(11,12)13/h8-10H,5-7H2,1-4H3,(H2,11,12,13). The SMILES string of the molecule is CC(C)CC(CCP(=O)(O)O)C(C)C. The fourth-order valence-electron chi connectivity index (χ4n) is 1.66. The summed E-state index contributed by atoms with van der Waals surface area (Å²) in [5.41, 5.74) is 0. The Kier molecular flexibility index (Phi) is 5.96. The van der Waals surface area contributed by atoms with E-state index in [1.807, 2.05) is 0 Å². The van der Waals surface area contributed by atoms with Gasteiger partial charge in [-0.2, -0.15) is 0 Å². The summed E-state index contributed by atoms with van der Waals surface area (Å²) in [4.78, 5) is 17.6. The van der Waals surface area contributed by atoms with Crippen molar-refractivity contribution < 1.29 is 14.4 Å². The van der Waals surface area contributed by atoms with Crippen molar-refractivity contribution in [3.63, 3.8) is 0 Å². The van der Waals surface area contributed by atoms with Gasteiger partial charge in [0.15, 0.2) is 0 Å². The molecule has 0 aromatic rings. The third-order valence-electron chi connectivity index (χ3n) is 2.51. The lowest BCUT2D eigenvalue weighted by Crippen LogP contribution is -2.13. The first-order chi connectivity index (χ1) is 6.22. The molecule has 0 fully saturated rings. The zero-order valence-corrected chi connectivity index (χ0v) is 10.5. The summed E-state index contributed by atoms with van der Waals surface area (Å²) >= 11 is 0. The molecular weight excluding hydrogens is 199 g/mol. The monoisotopic (exact) mass is 222 g/mol. The third-order valence-corrected chi connectivity index (χ3v) is 3.35. The van der Waals surface area contributed by atoms with Gasteiger partial charge < -0.3 is 9.79 Å². The lowest BCUT2D eigenvalue weighted by molar-refractivity contribution is 0.298. The first kappa shape index (κ1) is 14.2. The molecule has 0 spiro atoms. The maximum absolute atomic E-state index is 10.7. The zero-order valence-electron chi connectivity index (χ0n) is 9.60. The summed E-state index contributed by atoms with van der Waals surface area (Å²) in [6.07, 6.45) is 1.72. The molecule has 0 aliphatic rings. The van der Waals surface area contributed by atoms with Crippen molar-refractivity contribution >= 4 is 7.60 Å². The van der Waals surface area contributed by atoms with E-state index in [4.69, 9.17) is 9.79 Å². The van der Waals surface area contributed by atoms with Crippen LogP contribution in [0.3, 0.4) is 0 Å². The van der Waals surface area contributed by atoms with E-state index in [0.717, 1.165) is 6.42 Å². The fourth-order valence-corrected chi connectivity index (χ4v) is 2.33. The highest BCUT2D eigenvalue weighted by molar-refractivity contribution is 7.51. The van der Waals surface area contributed by atoms with Gasteiger partial charge in [0.05, 0.1) is 6.16 Å². The average molecular weight is 222 g/mol. The van der Waals surface area contributed by atoms with E-state index >= 15 is 0 Å². The molecule has 0 bridgehead atoms. The van der Waals surface area contributed by atoms with Gasteiger partial charge in [0.2, 0.25) is 0 Å². The average Bonchev–Trinajstić information content (AvgIpc) is 1.94. The van der Waals surface area contributed by atoms with E-state index in [2.05, 4.69) is 27.7 Å². The molecule has 0 aromatic carbocycles. The predicted molar refractivity (Wildman–Crippen MR) is 59.3 cm³/mol. The molecule has 14 heavy (non-hydrogen) atoms. The van der Waals surface area contributed by atoms with Gasteiger partial charge in [-0.1, -0.05) is 27.7 Å². The van der Waals surface area contributed by atoms with Crippen LogP contribution in [-0.2, 0) is 4.57 Å². The lowest BCUT2D eigenvalue weighted by atomic mass is 9.86. The Morgan fingerprint density at radius 2 is 1.64 bits per heavy atom. The molecule has 0 rings (SSSR count). The van der Waals surface area contributed by atoms with Crippen LogP contribution in [0.25, 0.3) is 0 Å². The van der Waals surface area contributed by atoms with Crippen molar-refractivity contribution in [1.29, 1.82) is 0 Å². The molecule has 0 aliphatic heterocycles. The quantitative estimate of drug-likeness (QED) is 0.679. The molecule has 4 heteroatoms. The normalized spacial score (nSPS) is 15.1. The van der Waals surface area contributed by atoms with E-state index < -0.39 is 7.60 Å². The molecule has 1 unspecified atom stereocenters. The van der Waals surface area contributed by atoms with Gasteiger partial charge in [-0.15, -0.1) is 0 Å². The minimum atomic E-state index is -3.80. The first-order valence-corrected chi connectivity index (χ1v) is 7.06. The Morgan fingerprint density at radius 3 is 1.93 bits per heavy atom. The van der Waals surface area contributed by atoms with Crippen LogP contribution in [0.15, 0.2) is 0 Å². The molecule has 3 nitrogen and oxygen atoms in total. The van der Waals surface area contributed by atoms with Gasteiger partial charge in [0, 0.05) is 0 Å². The van der Waals surface area contributed by atoms with E-state index in [1.54, 1.807) is 0 Å². The van der Waals surface area contributed by atoms with Crippen molar-refractivity contribution in [1.82, 2.24) is 0 Å². The maximum Gasteiger partial charge on any atom is 0.325 e. The second-order valence-corrected chi connectivity index (χ2v) is 6.59. The van der Waals surface area contributed by atoms with E-state index in [-0.39, 0.29) is 6.16 Å². The number of hydrogen-bond donors (Lipinski definition) is 2. The number of hydrogen-bond acceptors (Lipinski definition) is 1. The number of rotatable bonds is 6. The van der Waals surface area contributed by atoms with Crippen LogP contribution in [0.4, 0.5) is 0 Å². The smallest absolute Gasteiger partial charge is 0.324 e. The maximum atomic E-state index is 10.7.